The van der Waals surface area contributed by atoms with Crippen molar-refractivity contribution in [1.29, 1.82) is 0 Å². The van der Waals surface area contributed by atoms with E-state index in [2.05, 4.69) is 16.9 Å². The van der Waals surface area contributed by atoms with Crippen LogP contribution in [0, 0.1) is 0 Å². The molecule has 2 saturated carbocycles. The van der Waals surface area contributed by atoms with Crippen molar-refractivity contribution in [1.82, 2.24) is 20.8 Å². The quantitative estimate of drug-likeness (QED) is 0.298. The highest BCUT2D eigenvalue weighted by Gasteiger charge is 2.24. The number of aromatic nitrogens is 2. The fourth-order valence-corrected chi connectivity index (χ4v) is 7.33. The van der Waals surface area contributed by atoms with E-state index in [1.54, 1.807) is 23.9 Å². The van der Waals surface area contributed by atoms with Crippen LogP contribution in [0.5, 0.6) is 0 Å². The molecule has 8 nitrogen and oxygen atoms in total. The molecule has 2 fully saturated rings. The molecule has 0 atom stereocenters. The molecule has 3 aromatic rings. The standard InChI is InChI=1S/C26H36N6O2S2/c1-17(33)31(29-19-11-7-3-4-8-12-19)25-27-21-15-22-24(16-23(21)35-25)36-26(28-22)32(18(2)34)30-20-13-9-5-6-10-14-20/h15-16,19-20,29-30H,3-14H2,1-2H3. The Morgan fingerprint density at radius 2 is 1.08 bits per heavy atom. The van der Waals surface area contributed by atoms with E-state index >= 15 is 0 Å². The van der Waals surface area contributed by atoms with Crippen molar-refractivity contribution in [2.75, 3.05) is 10.0 Å². The number of fused-ring (bicyclic) bond motifs is 2. The summed E-state index contributed by atoms with van der Waals surface area (Å²) in [5.74, 6) is -0.107. The smallest absolute Gasteiger partial charge is 0.240 e. The van der Waals surface area contributed by atoms with Crippen LogP contribution in [0.2, 0.25) is 0 Å². The van der Waals surface area contributed by atoms with E-state index in [-0.39, 0.29) is 11.8 Å². The van der Waals surface area contributed by atoms with Gasteiger partial charge in [0.15, 0.2) is 0 Å². The van der Waals surface area contributed by atoms with Crippen LogP contribution in [0.25, 0.3) is 20.4 Å². The topological polar surface area (TPSA) is 90.5 Å². The Labute approximate surface area is 220 Å². The lowest BCUT2D eigenvalue weighted by molar-refractivity contribution is -0.118. The molecule has 0 unspecified atom stereocenters. The minimum Gasteiger partial charge on any atom is -0.273 e. The summed E-state index contributed by atoms with van der Waals surface area (Å²) >= 11 is 3.02. The lowest BCUT2D eigenvalue weighted by Crippen LogP contribution is -2.47. The second kappa shape index (κ2) is 11.5. The lowest BCUT2D eigenvalue weighted by atomic mass is 10.1. The average molecular weight is 529 g/mol. The molecule has 2 aliphatic rings. The predicted octanol–water partition coefficient (Wildman–Crippen LogP) is 6.07. The van der Waals surface area contributed by atoms with Crippen LogP contribution in [0.1, 0.15) is 90.9 Å². The van der Waals surface area contributed by atoms with Crippen LogP contribution in [0.4, 0.5) is 10.3 Å². The molecule has 2 N–H and O–H groups in total. The number of carbonyl (C=O) groups is 2. The van der Waals surface area contributed by atoms with Gasteiger partial charge < -0.3 is 0 Å². The van der Waals surface area contributed by atoms with Gasteiger partial charge in [-0.2, -0.15) is 0 Å². The van der Waals surface area contributed by atoms with Crippen molar-refractivity contribution in [3.63, 3.8) is 0 Å². The fraction of sp³-hybridized carbons (Fsp3) is 0.615. The molecule has 1 aromatic carbocycles. The summed E-state index contributed by atoms with van der Waals surface area (Å²) in [6, 6.07) is 4.66. The number of benzene rings is 1. The predicted molar refractivity (Wildman–Crippen MR) is 148 cm³/mol. The van der Waals surface area contributed by atoms with Gasteiger partial charge in [-0.25, -0.2) is 30.8 Å². The second-order valence-electron chi connectivity index (χ2n) is 10.1. The van der Waals surface area contributed by atoms with Crippen molar-refractivity contribution in [2.24, 2.45) is 0 Å². The first kappa shape index (κ1) is 25.5. The molecule has 194 valence electrons. The van der Waals surface area contributed by atoms with Crippen LogP contribution in [0.3, 0.4) is 0 Å². The van der Waals surface area contributed by atoms with E-state index in [1.807, 2.05) is 6.07 Å². The molecule has 2 amide bonds. The summed E-state index contributed by atoms with van der Waals surface area (Å²) in [6.45, 7) is 3.17. The normalized spacial score (nSPS) is 18.3. The van der Waals surface area contributed by atoms with Crippen LogP contribution >= 0.6 is 22.7 Å². The van der Waals surface area contributed by atoms with E-state index in [9.17, 15) is 9.59 Å². The number of amides is 2. The Bertz CT molecular complexity index is 1070. The summed E-state index contributed by atoms with van der Waals surface area (Å²) < 4.78 is 2.01. The number of rotatable bonds is 6. The van der Waals surface area contributed by atoms with Gasteiger partial charge in [0, 0.05) is 25.9 Å². The molecule has 0 bridgehead atoms. The number of thiazole rings is 2. The Morgan fingerprint density at radius 3 is 1.44 bits per heavy atom. The van der Waals surface area contributed by atoms with E-state index in [4.69, 9.17) is 9.97 Å². The zero-order valence-corrected chi connectivity index (χ0v) is 22.8. The number of hydrazine groups is 2. The molecule has 2 heterocycles. The number of anilines is 2. The first-order valence-corrected chi connectivity index (χ1v) is 15.0. The lowest BCUT2D eigenvalue weighted by Gasteiger charge is -2.25. The highest BCUT2D eigenvalue weighted by molar-refractivity contribution is 7.24. The van der Waals surface area contributed by atoms with Crippen LogP contribution in [0.15, 0.2) is 12.1 Å². The third kappa shape index (κ3) is 5.88. The monoisotopic (exact) mass is 528 g/mol. The molecule has 36 heavy (non-hydrogen) atoms. The highest BCUT2D eigenvalue weighted by Crippen LogP contribution is 2.36. The third-order valence-electron chi connectivity index (χ3n) is 7.22. The summed E-state index contributed by atoms with van der Waals surface area (Å²) in [5, 5.41) is 4.59. The number of hydrogen-bond acceptors (Lipinski definition) is 8. The van der Waals surface area contributed by atoms with Crippen LogP contribution < -0.4 is 20.9 Å². The number of carbonyl (C=O) groups excluding carboxylic acids is 2. The van der Waals surface area contributed by atoms with Gasteiger partial charge in [0.2, 0.25) is 22.1 Å². The Morgan fingerprint density at radius 1 is 0.694 bits per heavy atom. The second-order valence-corrected chi connectivity index (χ2v) is 12.1. The van der Waals surface area contributed by atoms with Gasteiger partial charge in [0.05, 0.1) is 20.4 Å². The van der Waals surface area contributed by atoms with Gasteiger partial charge >= 0.3 is 0 Å². The Hall–Kier alpha value is -2.14. The third-order valence-corrected chi connectivity index (χ3v) is 9.23. The van der Waals surface area contributed by atoms with E-state index in [0.29, 0.717) is 22.3 Å². The molecule has 2 aromatic heterocycles. The Balaban J connectivity index is 1.38. The van der Waals surface area contributed by atoms with Crippen molar-refractivity contribution in [3.8, 4) is 0 Å². The maximum Gasteiger partial charge on any atom is 0.240 e. The van der Waals surface area contributed by atoms with Crippen molar-refractivity contribution in [3.05, 3.63) is 12.1 Å². The largest absolute Gasteiger partial charge is 0.273 e. The molecular weight excluding hydrogens is 492 g/mol. The molecule has 5 rings (SSSR count). The first-order valence-electron chi connectivity index (χ1n) is 13.3. The van der Waals surface area contributed by atoms with E-state index in [0.717, 1.165) is 46.1 Å². The van der Waals surface area contributed by atoms with Gasteiger partial charge in [-0.05, 0) is 37.8 Å². The fourth-order valence-electron chi connectivity index (χ4n) is 5.26. The summed E-state index contributed by atoms with van der Waals surface area (Å²) in [5.41, 5.74) is 8.55. The molecule has 2 aliphatic carbocycles. The van der Waals surface area contributed by atoms with Gasteiger partial charge in [0.25, 0.3) is 0 Å². The molecule has 0 saturated heterocycles. The molecule has 10 heteroatoms. The number of nitrogens with one attached hydrogen (secondary N) is 2. The van der Waals surface area contributed by atoms with Crippen LogP contribution in [-0.2, 0) is 9.59 Å². The maximum absolute atomic E-state index is 12.5. The zero-order chi connectivity index (χ0) is 25.1. The highest BCUT2D eigenvalue weighted by atomic mass is 32.1. The van der Waals surface area contributed by atoms with Gasteiger partial charge in [-0.1, -0.05) is 74.0 Å². The minimum atomic E-state index is -0.0535. The molecule has 0 spiro atoms. The molecule has 0 radical (unpaired) electrons. The van der Waals surface area contributed by atoms with Crippen molar-refractivity contribution in [2.45, 2.75) is 103 Å². The van der Waals surface area contributed by atoms with E-state index < -0.39 is 0 Å². The van der Waals surface area contributed by atoms with Gasteiger partial charge in [0.1, 0.15) is 0 Å². The first-order chi connectivity index (χ1) is 17.5. The maximum atomic E-state index is 12.5. The van der Waals surface area contributed by atoms with Gasteiger partial charge in [-0.3, -0.25) is 9.59 Å². The summed E-state index contributed by atoms with van der Waals surface area (Å²) in [4.78, 5) is 34.6. The number of hydrogen-bond donors (Lipinski definition) is 2. The van der Waals surface area contributed by atoms with Crippen LogP contribution in [-0.4, -0.2) is 33.9 Å². The van der Waals surface area contributed by atoms with Gasteiger partial charge in [-0.15, -0.1) is 0 Å². The summed E-state index contributed by atoms with van der Waals surface area (Å²) in [7, 11) is 0. The van der Waals surface area contributed by atoms with Crippen molar-refractivity contribution < 1.29 is 9.59 Å². The van der Waals surface area contributed by atoms with E-state index in [1.165, 1.54) is 74.0 Å². The Kier molecular flexibility index (Phi) is 8.15. The molecule has 0 aliphatic heterocycles. The summed E-state index contributed by atoms with van der Waals surface area (Å²) in [6.07, 6.45) is 14.2. The zero-order valence-electron chi connectivity index (χ0n) is 21.2. The average Bonchev–Trinajstić information content (AvgIpc) is 3.19. The number of nitrogens with zero attached hydrogens (tertiary/aromatic N) is 4. The molecular formula is C26H36N6O2S2. The van der Waals surface area contributed by atoms with Crippen molar-refractivity contribution >= 4 is 65.2 Å². The SMILES string of the molecule is CC(=O)N(NC1CCCCCC1)c1nc2cc3nc(N(NC4CCCCCC4)C(C)=O)sc3cc2s1. The minimum absolute atomic E-state index is 0.0535.